The van der Waals surface area contributed by atoms with E-state index in [0.29, 0.717) is 0 Å². The molecule has 1 aromatic rings. The molecule has 0 bridgehead atoms. The van der Waals surface area contributed by atoms with Crippen LogP contribution in [0.25, 0.3) is 0 Å². The summed E-state index contributed by atoms with van der Waals surface area (Å²) >= 11 is 0. The van der Waals surface area contributed by atoms with E-state index < -0.39 is 12.1 Å². The smallest absolute Gasteiger partial charge is 0.402 e. The highest BCUT2D eigenvalue weighted by Crippen LogP contribution is 2.31. The predicted molar refractivity (Wildman–Crippen MR) is 52.5 cm³/mol. The van der Waals surface area contributed by atoms with Gasteiger partial charge < -0.3 is 16.2 Å². The molecule has 8 heteroatoms. The highest BCUT2D eigenvalue weighted by atomic mass is 19.4. The molecule has 1 aromatic heterocycles. The van der Waals surface area contributed by atoms with E-state index in [1.807, 2.05) is 0 Å². The van der Waals surface area contributed by atoms with Crippen molar-refractivity contribution in [3.8, 4) is 11.8 Å². The standard InChI is InChI=1S/C9H9F3N4O/c10-9(11,12)17-7-4-16-6(3-14)5(1-2-13)8(7)15/h4H,1,3,14H2,(H2,15,16). The summed E-state index contributed by atoms with van der Waals surface area (Å²) in [5.74, 6) is -0.625. The molecule has 0 aliphatic carbocycles. The van der Waals surface area contributed by atoms with Gasteiger partial charge in [0.15, 0.2) is 5.75 Å². The molecule has 1 heterocycles. The summed E-state index contributed by atoms with van der Waals surface area (Å²) in [7, 11) is 0. The Balaban J connectivity index is 3.19. The van der Waals surface area contributed by atoms with Gasteiger partial charge >= 0.3 is 6.36 Å². The largest absolute Gasteiger partial charge is 0.573 e. The van der Waals surface area contributed by atoms with E-state index in [1.165, 1.54) is 0 Å². The minimum atomic E-state index is -4.86. The first kappa shape index (κ1) is 13.1. The van der Waals surface area contributed by atoms with Crippen molar-refractivity contribution in [3.05, 3.63) is 17.5 Å². The van der Waals surface area contributed by atoms with E-state index in [1.54, 1.807) is 6.07 Å². The van der Waals surface area contributed by atoms with Gasteiger partial charge in [0.05, 0.1) is 30.1 Å². The second-order valence-electron chi connectivity index (χ2n) is 3.05. The SMILES string of the molecule is N#CCc1c(CN)ncc(OC(F)(F)F)c1N. The molecule has 0 aliphatic heterocycles. The zero-order valence-corrected chi connectivity index (χ0v) is 8.58. The maximum atomic E-state index is 12.0. The molecular weight excluding hydrogens is 237 g/mol. The van der Waals surface area contributed by atoms with Crippen LogP contribution in [0.5, 0.6) is 5.75 Å². The highest BCUT2D eigenvalue weighted by Gasteiger charge is 2.32. The molecule has 5 nitrogen and oxygen atoms in total. The van der Waals surface area contributed by atoms with Gasteiger partial charge in [0.1, 0.15) is 0 Å². The normalized spacial score (nSPS) is 11.0. The Bertz CT molecular complexity index is 453. The van der Waals surface area contributed by atoms with Crippen LogP contribution in [0.15, 0.2) is 6.20 Å². The van der Waals surface area contributed by atoms with Crippen LogP contribution in [0, 0.1) is 11.3 Å². The van der Waals surface area contributed by atoms with Gasteiger partial charge in [-0.25, -0.2) is 0 Å². The molecule has 0 saturated heterocycles. The summed E-state index contributed by atoms with van der Waals surface area (Å²) in [6.07, 6.45) is -4.20. The fourth-order valence-electron chi connectivity index (χ4n) is 1.25. The summed E-state index contributed by atoms with van der Waals surface area (Å²) in [4.78, 5) is 3.68. The van der Waals surface area contributed by atoms with E-state index in [2.05, 4.69) is 9.72 Å². The lowest BCUT2D eigenvalue weighted by Gasteiger charge is -2.14. The number of hydrogen-bond donors (Lipinski definition) is 2. The fraction of sp³-hybridized carbons (Fsp3) is 0.333. The first-order chi connectivity index (χ1) is 7.89. The zero-order chi connectivity index (χ0) is 13.1. The van der Waals surface area contributed by atoms with Gasteiger partial charge in [-0.3, -0.25) is 4.98 Å². The monoisotopic (exact) mass is 246 g/mol. The van der Waals surface area contributed by atoms with Crippen molar-refractivity contribution >= 4 is 5.69 Å². The topological polar surface area (TPSA) is 98.0 Å². The molecule has 0 aliphatic rings. The van der Waals surface area contributed by atoms with Crippen molar-refractivity contribution in [2.45, 2.75) is 19.3 Å². The molecule has 0 unspecified atom stereocenters. The third-order valence-electron chi connectivity index (χ3n) is 1.95. The maximum Gasteiger partial charge on any atom is 0.573 e. The first-order valence-corrected chi connectivity index (χ1v) is 4.48. The van der Waals surface area contributed by atoms with Gasteiger partial charge in [0.25, 0.3) is 0 Å². The van der Waals surface area contributed by atoms with Crippen LogP contribution in [0.1, 0.15) is 11.3 Å². The molecule has 0 atom stereocenters. The van der Waals surface area contributed by atoms with Crippen LogP contribution in [0.4, 0.5) is 18.9 Å². The number of ether oxygens (including phenoxy) is 1. The van der Waals surface area contributed by atoms with E-state index in [0.717, 1.165) is 6.20 Å². The molecule has 17 heavy (non-hydrogen) atoms. The molecule has 0 spiro atoms. The van der Waals surface area contributed by atoms with Gasteiger partial charge in [0.2, 0.25) is 0 Å². The lowest BCUT2D eigenvalue weighted by molar-refractivity contribution is -0.274. The molecule has 4 N–H and O–H groups in total. The van der Waals surface area contributed by atoms with Crippen LogP contribution in [0.3, 0.4) is 0 Å². The minimum Gasteiger partial charge on any atom is -0.402 e. The molecular formula is C9H9F3N4O. The number of aromatic nitrogens is 1. The van der Waals surface area contributed by atoms with Crippen molar-refractivity contribution in [1.82, 2.24) is 4.98 Å². The zero-order valence-electron chi connectivity index (χ0n) is 8.58. The Hall–Kier alpha value is -2.01. The van der Waals surface area contributed by atoms with Crippen molar-refractivity contribution in [2.75, 3.05) is 5.73 Å². The third kappa shape index (κ3) is 3.22. The van der Waals surface area contributed by atoms with Gasteiger partial charge in [-0.15, -0.1) is 13.2 Å². The average molecular weight is 246 g/mol. The summed E-state index contributed by atoms with van der Waals surface area (Å²) in [6.45, 7) is -0.0203. The number of pyridine rings is 1. The molecule has 0 radical (unpaired) electrons. The van der Waals surface area contributed by atoms with Crippen molar-refractivity contribution in [3.63, 3.8) is 0 Å². The van der Waals surface area contributed by atoms with E-state index in [4.69, 9.17) is 16.7 Å². The molecule has 92 valence electrons. The Labute approximate surface area is 94.8 Å². The predicted octanol–water partition coefficient (Wildman–Crippen LogP) is 1.09. The second kappa shape index (κ2) is 4.88. The molecule has 0 amide bonds. The van der Waals surface area contributed by atoms with Crippen LogP contribution in [0.2, 0.25) is 0 Å². The molecule has 0 fully saturated rings. The third-order valence-corrected chi connectivity index (χ3v) is 1.95. The number of nitrogen functional groups attached to an aromatic ring is 1. The average Bonchev–Trinajstić information content (AvgIpc) is 2.23. The Morgan fingerprint density at radius 3 is 2.59 bits per heavy atom. The number of nitrogens with zero attached hydrogens (tertiary/aromatic N) is 2. The Morgan fingerprint density at radius 1 is 1.47 bits per heavy atom. The van der Waals surface area contributed by atoms with Gasteiger partial charge in [-0.05, 0) is 0 Å². The van der Waals surface area contributed by atoms with Crippen molar-refractivity contribution in [1.29, 1.82) is 5.26 Å². The van der Waals surface area contributed by atoms with E-state index >= 15 is 0 Å². The molecule has 0 aromatic carbocycles. The second-order valence-corrected chi connectivity index (χ2v) is 3.05. The number of nitriles is 1. The van der Waals surface area contributed by atoms with Crippen molar-refractivity contribution in [2.24, 2.45) is 5.73 Å². The number of anilines is 1. The Kier molecular flexibility index (Phi) is 3.75. The summed E-state index contributed by atoms with van der Waals surface area (Å²) in [6, 6.07) is 1.78. The summed E-state index contributed by atoms with van der Waals surface area (Å²) < 4.78 is 39.8. The molecule has 1 rings (SSSR count). The number of halogens is 3. The lowest BCUT2D eigenvalue weighted by Crippen LogP contribution is -2.19. The van der Waals surface area contributed by atoms with Gasteiger partial charge in [-0.1, -0.05) is 0 Å². The number of rotatable bonds is 3. The van der Waals surface area contributed by atoms with Gasteiger partial charge in [-0.2, -0.15) is 5.26 Å². The summed E-state index contributed by atoms with van der Waals surface area (Å²) in [5, 5.41) is 8.55. The molecule has 0 saturated carbocycles. The fourth-order valence-corrected chi connectivity index (χ4v) is 1.25. The van der Waals surface area contributed by atoms with Crippen molar-refractivity contribution < 1.29 is 17.9 Å². The summed E-state index contributed by atoms with van der Waals surface area (Å²) in [5.41, 5.74) is 11.0. The number of alkyl halides is 3. The van der Waals surface area contributed by atoms with Crippen LogP contribution < -0.4 is 16.2 Å². The minimum absolute atomic E-state index is 0.0203. The van der Waals surface area contributed by atoms with Gasteiger partial charge in [0, 0.05) is 12.1 Å². The highest BCUT2D eigenvalue weighted by molar-refractivity contribution is 5.59. The first-order valence-electron chi connectivity index (χ1n) is 4.48. The lowest BCUT2D eigenvalue weighted by atomic mass is 10.1. The van der Waals surface area contributed by atoms with Crippen LogP contribution >= 0.6 is 0 Å². The quantitative estimate of drug-likeness (QED) is 0.831. The van der Waals surface area contributed by atoms with E-state index in [-0.39, 0.29) is 29.9 Å². The number of hydrogen-bond acceptors (Lipinski definition) is 5. The Morgan fingerprint density at radius 2 is 2.12 bits per heavy atom. The van der Waals surface area contributed by atoms with Crippen LogP contribution in [-0.2, 0) is 13.0 Å². The van der Waals surface area contributed by atoms with E-state index in [9.17, 15) is 13.2 Å². The van der Waals surface area contributed by atoms with Crippen LogP contribution in [-0.4, -0.2) is 11.3 Å². The number of nitrogens with two attached hydrogens (primary N) is 2. The maximum absolute atomic E-state index is 12.0.